The van der Waals surface area contributed by atoms with Gasteiger partial charge in [0.05, 0.1) is 0 Å². The Labute approximate surface area is 66.5 Å². The van der Waals surface area contributed by atoms with E-state index in [9.17, 15) is 4.79 Å². The quantitative estimate of drug-likeness (QED) is 0.555. The van der Waals surface area contributed by atoms with Crippen molar-refractivity contribution in [1.29, 1.82) is 0 Å². The topological polar surface area (TPSA) is 17.1 Å². The van der Waals surface area contributed by atoms with E-state index in [0.29, 0.717) is 17.1 Å². The molecule has 1 spiro atoms. The molecule has 58 valence electrons. The van der Waals surface area contributed by atoms with Gasteiger partial charge in [-0.1, -0.05) is 5.57 Å². The Morgan fingerprint density at radius 3 is 2.45 bits per heavy atom. The van der Waals surface area contributed by atoms with E-state index in [4.69, 9.17) is 0 Å². The SMILES string of the molecule is CC(=O)C1=C(C)C2CC23CC13. The van der Waals surface area contributed by atoms with Gasteiger partial charge in [-0.3, -0.25) is 4.79 Å². The van der Waals surface area contributed by atoms with Gasteiger partial charge in [-0.15, -0.1) is 0 Å². The van der Waals surface area contributed by atoms with Gasteiger partial charge in [0.15, 0.2) is 5.78 Å². The van der Waals surface area contributed by atoms with E-state index in [0.717, 1.165) is 5.92 Å². The summed E-state index contributed by atoms with van der Waals surface area (Å²) in [4.78, 5) is 11.2. The molecule has 3 atom stereocenters. The van der Waals surface area contributed by atoms with Gasteiger partial charge in [0.1, 0.15) is 0 Å². The summed E-state index contributed by atoms with van der Waals surface area (Å²) in [5, 5.41) is 0. The van der Waals surface area contributed by atoms with E-state index in [1.807, 2.05) is 0 Å². The van der Waals surface area contributed by atoms with Gasteiger partial charge in [-0.25, -0.2) is 0 Å². The van der Waals surface area contributed by atoms with Crippen LogP contribution in [0.25, 0.3) is 0 Å². The number of Topliss-reactive ketones (excluding diaryl/α,β-unsaturated/α-hetero) is 1. The Balaban J connectivity index is 2.09. The molecule has 1 nitrogen and oxygen atoms in total. The van der Waals surface area contributed by atoms with Gasteiger partial charge in [0, 0.05) is 0 Å². The minimum absolute atomic E-state index is 0.330. The van der Waals surface area contributed by atoms with Gasteiger partial charge in [-0.05, 0) is 49.5 Å². The maximum Gasteiger partial charge on any atom is 0.156 e. The lowest BCUT2D eigenvalue weighted by Crippen LogP contribution is -2.00. The van der Waals surface area contributed by atoms with Crippen molar-refractivity contribution in [2.24, 2.45) is 17.3 Å². The first-order valence-electron chi connectivity index (χ1n) is 4.38. The summed E-state index contributed by atoms with van der Waals surface area (Å²) in [6.07, 6.45) is 2.71. The molecule has 0 bridgehead atoms. The van der Waals surface area contributed by atoms with E-state index in [1.165, 1.54) is 24.0 Å². The third kappa shape index (κ3) is 0.463. The second kappa shape index (κ2) is 1.33. The van der Waals surface area contributed by atoms with Crippen molar-refractivity contribution >= 4 is 5.78 Å². The molecule has 3 aliphatic rings. The zero-order valence-corrected chi connectivity index (χ0v) is 6.98. The minimum Gasteiger partial charge on any atom is -0.295 e. The molecule has 11 heavy (non-hydrogen) atoms. The number of carbonyl (C=O) groups is 1. The van der Waals surface area contributed by atoms with Crippen molar-refractivity contribution in [2.45, 2.75) is 26.7 Å². The first kappa shape index (κ1) is 5.99. The number of carbonyl (C=O) groups excluding carboxylic acids is 1. The van der Waals surface area contributed by atoms with Crippen LogP contribution < -0.4 is 0 Å². The zero-order valence-electron chi connectivity index (χ0n) is 6.98. The minimum atomic E-state index is 0.330. The summed E-state index contributed by atoms with van der Waals surface area (Å²) in [5.74, 6) is 1.85. The number of hydrogen-bond donors (Lipinski definition) is 0. The Morgan fingerprint density at radius 1 is 1.45 bits per heavy atom. The van der Waals surface area contributed by atoms with Crippen LogP contribution in [0.2, 0.25) is 0 Å². The molecule has 0 saturated heterocycles. The number of hydrogen-bond acceptors (Lipinski definition) is 1. The van der Waals surface area contributed by atoms with Crippen LogP contribution in [0.4, 0.5) is 0 Å². The fraction of sp³-hybridized carbons (Fsp3) is 0.700. The van der Waals surface area contributed by atoms with E-state index in [-0.39, 0.29) is 0 Å². The summed E-state index contributed by atoms with van der Waals surface area (Å²) in [5.41, 5.74) is 3.28. The fourth-order valence-electron chi connectivity index (χ4n) is 3.21. The molecular weight excluding hydrogens is 136 g/mol. The molecule has 0 aliphatic heterocycles. The van der Waals surface area contributed by atoms with E-state index >= 15 is 0 Å². The lowest BCUT2D eigenvalue weighted by Gasteiger charge is -2.02. The Bertz CT molecular complexity index is 300. The van der Waals surface area contributed by atoms with Crippen LogP contribution in [-0.4, -0.2) is 5.78 Å². The van der Waals surface area contributed by atoms with E-state index < -0.39 is 0 Å². The molecule has 3 aliphatic carbocycles. The molecule has 0 N–H and O–H groups in total. The smallest absolute Gasteiger partial charge is 0.156 e. The van der Waals surface area contributed by atoms with Crippen LogP contribution in [0.1, 0.15) is 26.7 Å². The molecule has 0 aromatic rings. The van der Waals surface area contributed by atoms with Crippen molar-refractivity contribution < 1.29 is 4.79 Å². The number of allylic oxidation sites excluding steroid dienone is 2. The van der Waals surface area contributed by atoms with Crippen LogP contribution in [0.5, 0.6) is 0 Å². The van der Waals surface area contributed by atoms with Crippen molar-refractivity contribution in [3.8, 4) is 0 Å². The summed E-state index contributed by atoms with van der Waals surface area (Å²) in [7, 11) is 0. The fourth-order valence-corrected chi connectivity index (χ4v) is 3.21. The highest BCUT2D eigenvalue weighted by Crippen LogP contribution is 2.83. The van der Waals surface area contributed by atoms with Crippen molar-refractivity contribution in [3.63, 3.8) is 0 Å². The third-order valence-electron chi connectivity index (χ3n) is 3.91. The van der Waals surface area contributed by atoms with Crippen LogP contribution in [0.15, 0.2) is 11.1 Å². The summed E-state index contributed by atoms with van der Waals surface area (Å²) in [6, 6.07) is 0. The lowest BCUT2D eigenvalue weighted by atomic mass is 10.0. The van der Waals surface area contributed by atoms with Crippen LogP contribution in [-0.2, 0) is 4.79 Å². The molecular formula is C10H12O. The molecule has 0 amide bonds. The molecule has 0 radical (unpaired) electrons. The largest absolute Gasteiger partial charge is 0.295 e. The highest BCUT2D eigenvalue weighted by atomic mass is 16.1. The van der Waals surface area contributed by atoms with Crippen molar-refractivity contribution in [1.82, 2.24) is 0 Å². The monoisotopic (exact) mass is 148 g/mol. The van der Waals surface area contributed by atoms with Gasteiger partial charge in [0.2, 0.25) is 0 Å². The molecule has 3 rings (SSSR count). The van der Waals surface area contributed by atoms with E-state index in [1.54, 1.807) is 6.92 Å². The highest BCUT2D eigenvalue weighted by molar-refractivity contribution is 5.97. The normalized spacial score (nSPS) is 50.4. The first-order valence-corrected chi connectivity index (χ1v) is 4.38. The summed E-state index contributed by atoms with van der Waals surface area (Å²) < 4.78 is 0. The van der Waals surface area contributed by atoms with Crippen molar-refractivity contribution in [3.05, 3.63) is 11.1 Å². The molecule has 1 heteroatoms. The Morgan fingerprint density at radius 2 is 2.09 bits per heavy atom. The Kier molecular flexibility index (Phi) is 0.721. The van der Waals surface area contributed by atoms with Gasteiger partial charge in [0.25, 0.3) is 0 Å². The lowest BCUT2D eigenvalue weighted by molar-refractivity contribution is -0.113. The predicted molar refractivity (Wildman–Crippen MR) is 42.0 cm³/mol. The summed E-state index contributed by atoms with van der Waals surface area (Å²) in [6.45, 7) is 3.87. The predicted octanol–water partition coefficient (Wildman–Crippen LogP) is 1.93. The van der Waals surface area contributed by atoms with Crippen molar-refractivity contribution in [2.75, 3.05) is 0 Å². The molecule has 2 saturated carbocycles. The average Bonchev–Trinajstić information content (AvgIpc) is 2.73. The second-order valence-corrected chi connectivity index (χ2v) is 4.40. The Hall–Kier alpha value is -0.590. The zero-order chi connectivity index (χ0) is 7.80. The standard InChI is InChI=1S/C10H12O/c1-5-7-3-10(7)4-8(10)9(5)6(2)11/h7-8H,3-4H2,1-2H3. The number of ketones is 1. The molecule has 3 unspecified atom stereocenters. The molecule has 0 aromatic carbocycles. The second-order valence-electron chi connectivity index (χ2n) is 4.40. The van der Waals surface area contributed by atoms with Gasteiger partial charge >= 0.3 is 0 Å². The highest BCUT2D eigenvalue weighted by Gasteiger charge is 2.76. The van der Waals surface area contributed by atoms with Crippen LogP contribution in [0.3, 0.4) is 0 Å². The maximum absolute atomic E-state index is 11.2. The average molecular weight is 148 g/mol. The van der Waals surface area contributed by atoms with Crippen LogP contribution in [0, 0.1) is 17.3 Å². The first-order chi connectivity index (χ1) is 5.17. The van der Waals surface area contributed by atoms with Crippen LogP contribution >= 0.6 is 0 Å². The molecule has 0 heterocycles. The molecule has 0 aromatic heterocycles. The third-order valence-corrected chi connectivity index (χ3v) is 3.91. The van der Waals surface area contributed by atoms with E-state index in [2.05, 4.69) is 6.92 Å². The molecule has 2 fully saturated rings. The number of rotatable bonds is 1. The summed E-state index contributed by atoms with van der Waals surface area (Å²) >= 11 is 0. The van der Waals surface area contributed by atoms with Gasteiger partial charge < -0.3 is 0 Å². The van der Waals surface area contributed by atoms with Gasteiger partial charge in [-0.2, -0.15) is 0 Å². The maximum atomic E-state index is 11.2.